The zero-order valence-corrected chi connectivity index (χ0v) is 11.0. The average Bonchev–Trinajstić information content (AvgIpc) is 2.63. The van der Waals surface area contributed by atoms with E-state index in [-0.39, 0.29) is 11.8 Å². The fraction of sp³-hybridized carbons (Fsp3) is 0.333. The number of nitrogens with zero attached hydrogens (tertiary/aromatic N) is 1. The van der Waals surface area contributed by atoms with Crippen molar-refractivity contribution in [2.75, 3.05) is 18.9 Å². The Balaban J connectivity index is 2.08. The molecule has 1 atom stereocenters. The molecular formula is C12H13BrN2O2. The van der Waals surface area contributed by atoms with Crippen LogP contribution in [0.3, 0.4) is 0 Å². The van der Waals surface area contributed by atoms with Crippen molar-refractivity contribution in [3.63, 3.8) is 0 Å². The summed E-state index contributed by atoms with van der Waals surface area (Å²) in [4.78, 5) is 25.2. The number of benzene rings is 1. The van der Waals surface area contributed by atoms with Crippen LogP contribution in [0.1, 0.15) is 6.42 Å². The van der Waals surface area contributed by atoms with Crippen LogP contribution in [0, 0.1) is 5.92 Å². The molecule has 1 aromatic carbocycles. The maximum absolute atomic E-state index is 11.9. The van der Waals surface area contributed by atoms with E-state index < -0.39 is 5.92 Å². The summed E-state index contributed by atoms with van der Waals surface area (Å²) in [5, 5.41) is 2.77. The van der Waals surface area contributed by atoms with Gasteiger partial charge in [-0.3, -0.25) is 9.59 Å². The molecule has 0 bridgehead atoms. The number of hydrogen-bond donors (Lipinski definition) is 1. The second kappa shape index (κ2) is 4.87. The highest BCUT2D eigenvalue weighted by Gasteiger charge is 2.34. The second-order valence-electron chi connectivity index (χ2n) is 4.07. The fourth-order valence-corrected chi connectivity index (χ4v) is 2.23. The topological polar surface area (TPSA) is 49.4 Å². The Labute approximate surface area is 108 Å². The van der Waals surface area contributed by atoms with E-state index in [9.17, 15) is 9.59 Å². The first kappa shape index (κ1) is 12.1. The van der Waals surface area contributed by atoms with E-state index in [0.717, 1.165) is 4.47 Å². The van der Waals surface area contributed by atoms with Crippen molar-refractivity contribution in [1.82, 2.24) is 4.90 Å². The van der Waals surface area contributed by atoms with Crippen molar-refractivity contribution in [1.29, 1.82) is 0 Å². The number of halogens is 1. The van der Waals surface area contributed by atoms with E-state index in [1.807, 2.05) is 18.2 Å². The largest absolute Gasteiger partial charge is 0.345 e. The molecule has 1 saturated heterocycles. The third-order valence-electron chi connectivity index (χ3n) is 2.88. The van der Waals surface area contributed by atoms with Crippen LogP contribution in [0.5, 0.6) is 0 Å². The number of carbonyl (C=O) groups is 2. The van der Waals surface area contributed by atoms with E-state index in [0.29, 0.717) is 18.7 Å². The smallest absolute Gasteiger partial charge is 0.237 e. The Kier molecular flexibility index (Phi) is 3.47. The second-order valence-corrected chi connectivity index (χ2v) is 4.92. The van der Waals surface area contributed by atoms with E-state index in [2.05, 4.69) is 21.2 Å². The summed E-state index contributed by atoms with van der Waals surface area (Å²) < 4.78 is 0.812. The first-order chi connectivity index (χ1) is 8.09. The number of hydrogen-bond acceptors (Lipinski definition) is 2. The quantitative estimate of drug-likeness (QED) is 0.847. The Morgan fingerprint density at radius 2 is 2.18 bits per heavy atom. The zero-order chi connectivity index (χ0) is 12.4. The van der Waals surface area contributed by atoms with Crippen molar-refractivity contribution in [2.24, 2.45) is 5.92 Å². The summed E-state index contributed by atoms with van der Waals surface area (Å²) in [7, 11) is 1.72. The highest BCUT2D eigenvalue weighted by Crippen LogP contribution is 2.24. The van der Waals surface area contributed by atoms with Crippen LogP contribution in [0.25, 0.3) is 0 Å². The molecule has 0 aromatic heterocycles. The molecule has 1 unspecified atom stereocenters. The lowest BCUT2D eigenvalue weighted by atomic mass is 10.1. The van der Waals surface area contributed by atoms with Crippen molar-refractivity contribution in [3.05, 3.63) is 28.7 Å². The molecule has 1 fully saturated rings. The van der Waals surface area contributed by atoms with Crippen LogP contribution in [0.15, 0.2) is 28.7 Å². The number of nitrogens with one attached hydrogen (secondary N) is 1. The summed E-state index contributed by atoms with van der Waals surface area (Å²) in [6.45, 7) is 0.646. The molecule has 4 nitrogen and oxygen atoms in total. The molecule has 2 rings (SSSR count). The van der Waals surface area contributed by atoms with Crippen LogP contribution in [0.2, 0.25) is 0 Å². The number of para-hydroxylation sites is 1. The van der Waals surface area contributed by atoms with Gasteiger partial charge < -0.3 is 10.2 Å². The van der Waals surface area contributed by atoms with Crippen molar-refractivity contribution >= 4 is 33.4 Å². The zero-order valence-electron chi connectivity index (χ0n) is 9.44. The molecule has 0 radical (unpaired) electrons. The van der Waals surface area contributed by atoms with Gasteiger partial charge in [0.1, 0.15) is 5.92 Å². The van der Waals surface area contributed by atoms with E-state index >= 15 is 0 Å². The number of amides is 2. The van der Waals surface area contributed by atoms with E-state index in [1.165, 1.54) is 0 Å². The third kappa shape index (κ3) is 2.49. The molecule has 5 heteroatoms. The van der Waals surface area contributed by atoms with Gasteiger partial charge in [-0.1, -0.05) is 12.1 Å². The first-order valence-corrected chi connectivity index (χ1v) is 6.19. The van der Waals surface area contributed by atoms with Crippen molar-refractivity contribution in [2.45, 2.75) is 6.42 Å². The fourth-order valence-electron chi connectivity index (χ4n) is 1.85. The number of likely N-dealkylation sites (tertiary alicyclic amines) is 1. The SMILES string of the molecule is CN1CCC(C(=O)Nc2ccccc2Br)C1=O. The summed E-state index contributed by atoms with van der Waals surface area (Å²) >= 11 is 3.35. The molecule has 17 heavy (non-hydrogen) atoms. The van der Waals surface area contributed by atoms with Crippen LogP contribution in [-0.4, -0.2) is 30.3 Å². The molecule has 1 aliphatic rings. The summed E-state index contributed by atoms with van der Waals surface area (Å²) in [5.74, 6) is -0.882. The van der Waals surface area contributed by atoms with Crippen molar-refractivity contribution in [3.8, 4) is 0 Å². The summed E-state index contributed by atoms with van der Waals surface area (Å²) in [6, 6.07) is 7.35. The monoisotopic (exact) mass is 296 g/mol. The van der Waals surface area contributed by atoms with Crippen LogP contribution in [0.4, 0.5) is 5.69 Å². The van der Waals surface area contributed by atoms with Gasteiger partial charge in [0.15, 0.2) is 0 Å². The Hall–Kier alpha value is -1.36. The maximum Gasteiger partial charge on any atom is 0.237 e. The number of rotatable bonds is 2. The minimum atomic E-state index is -0.549. The van der Waals surface area contributed by atoms with Crippen molar-refractivity contribution < 1.29 is 9.59 Å². The highest BCUT2D eigenvalue weighted by molar-refractivity contribution is 9.10. The first-order valence-electron chi connectivity index (χ1n) is 5.40. The number of anilines is 1. The van der Waals surface area contributed by atoms with E-state index in [1.54, 1.807) is 18.0 Å². The molecule has 0 spiro atoms. The highest BCUT2D eigenvalue weighted by atomic mass is 79.9. The normalized spacial score (nSPS) is 19.5. The molecule has 0 saturated carbocycles. The Morgan fingerprint density at radius 1 is 1.47 bits per heavy atom. The van der Waals surface area contributed by atoms with Gasteiger partial charge in [0, 0.05) is 18.1 Å². The molecule has 90 valence electrons. The predicted molar refractivity (Wildman–Crippen MR) is 68.5 cm³/mol. The van der Waals surface area contributed by atoms with Gasteiger partial charge in [-0.25, -0.2) is 0 Å². The van der Waals surface area contributed by atoms with Crippen LogP contribution < -0.4 is 5.32 Å². The minimum absolute atomic E-state index is 0.102. The summed E-state index contributed by atoms with van der Waals surface area (Å²) in [6.07, 6.45) is 0.589. The molecule has 0 aliphatic carbocycles. The molecule has 1 N–H and O–H groups in total. The van der Waals surface area contributed by atoms with Gasteiger partial charge in [0.25, 0.3) is 0 Å². The van der Waals surface area contributed by atoms with Crippen LogP contribution in [-0.2, 0) is 9.59 Å². The van der Waals surface area contributed by atoms with Crippen LogP contribution >= 0.6 is 15.9 Å². The lowest BCUT2D eigenvalue weighted by Gasteiger charge is -2.11. The average molecular weight is 297 g/mol. The lowest BCUT2D eigenvalue weighted by Crippen LogP contribution is -2.30. The molecule has 2 amide bonds. The maximum atomic E-state index is 11.9. The third-order valence-corrected chi connectivity index (χ3v) is 3.57. The standard InChI is InChI=1S/C12H13BrN2O2/c1-15-7-6-8(12(15)17)11(16)14-10-5-3-2-4-9(10)13/h2-5,8H,6-7H2,1H3,(H,14,16). The molecule has 1 aromatic rings. The minimum Gasteiger partial charge on any atom is -0.345 e. The molecular weight excluding hydrogens is 284 g/mol. The van der Waals surface area contributed by atoms with Gasteiger partial charge in [-0.2, -0.15) is 0 Å². The Bertz CT molecular complexity index is 462. The van der Waals surface area contributed by atoms with Gasteiger partial charge >= 0.3 is 0 Å². The Morgan fingerprint density at radius 3 is 2.76 bits per heavy atom. The summed E-state index contributed by atoms with van der Waals surface area (Å²) in [5.41, 5.74) is 0.694. The van der Waals surface area contributed by atoms with Gasteiger partial charge in [0.05, 0.1) is 5.69 Å². The van der Waals surface area contributed by atoms with Gasteiger partial charge in [-0.15, -0.1) is 0 Å². The number of carbonyl (C=O) groups excluding carboxylic acids is 2. The van der Waals surface area contributed by atoms with Gasteiger partial charge in [-0.05, 0) is 34.5 Å². The predicted octanol–water partition coefficient (Wildman–Crippen LogP) is 1.87. The van der Waals surface area contributed by atoms with Gasteiger partial charge in [0.2, 0.25) is 11.8 Å². The molecule has 1 aliphatic heterocycles. The van der Waals surface area contributed by atoms with E-state index in [4.69, 9.17) is 0 Å². The lowest BCUT2D eigenvalue weighted by molar-refractivity contribution is -0.134. The molecule has 1 heterocycles.